The van der Waals surface area contributed by atoms with E-state index in [4.69, 9.17) is 9.72 Å². The molecule has 5 nitrogen and oxygen atoms in total. The fourth-order valence-corrected chi connectivity index (χ4v) is 4.38. The predicted octanol–water partition coefficient (Wildman–Crippen LogP) is 3.85. The van der Waals surface area contributed by atoms with Crippen LogP contribution in [0.15, 0.2) is 48.5 Å². The van der Waals surface area contributed by atoms with Gasteiger partial charge >= 0.3 is 0 Å². The van der Waals surface area contributed by atoms with Crippen LogP contribution in [-0.4, -0.2) is 37.1 Å². The summed E-state index contributed by atoms with van der Waals surface area (Å²) < 4.78 is 19.6. The van der Waals surface area contributed by atoms with Crippen LogP contribution in [0, 0.1) is 11.7 Å². The van der Waals surface area contributed by atoms with Crippen LogP contribution >= 0.6 is 11.3 Å². The minimum Gasteiger partial charge on any atom is -0.492 e. The van der Waals surface area contributed by atoms with Gasteiger partial charge in [-0.05, 0) is 49.2 Å². The third-order valence-electron chi connectivity index (χ3n) is 4.83. The average molecular weight is 399 g/mol. The number of nitrogens with zero attached hydrogens (tertiary/aromatic N) is 2. The van der Waals surface area contributed by atoms with E-state index in [2.05, 4.69) is 16.3 Å². The molecule has 1 aliphatic heterocycles. The zero-order chi connectivity index (χ0) is 19.3. The van der Waals surface area contributed by atoms with Crippen molar-refractivity contribution < 1.29 is 13.9 Å². The fraction of sp³-hybridized carbons (Fsp3) is 0.333. The standard InChI is InChI=1S/C21H22FN3O2S/c22-16-7-9-17(10-8-16)27-13-11-23-20(26)15-4-3-12-25(14-15)21-24-18-5-1-2-6-19(18)28-21/h1-2,5-10,15H,3-4,11-14H2,(H,23,26). The molecule has 28 heavy (non-hydrogen) atoms. The lowest BCUT2D eigenvalue weighted by Gasteiger charge is -2.31. The highest BCUT2D eigenvalue weighted by Gasteiger charge is 2.27. The number of rotatable bonds is 6. The van der Waals surface area contributed by atoms with Gasteiger partial charge in [0.05, 0.1) is 22.7 Å². The first-order valence-corrected chi connectivity index (χ1v) is 10.3. The Morgan fingerprint density at radius 3 is 2.89 bits per heavy atom. The summed E-state index contributed by atoms with van der Waals surface area (Å²) in [6.07, 6.45) is 1.85. The van der Waals surface area contributed by atoms with E-state index in [1.807, 2.05) is 18.2 Å². The first kappa shape index (κ1) is 18.7. The Morgan fingerprint density at radius 2 is 2.07 bits per heavy atom. The summed E-state index contributed by atoms with van der Waals surface area (Å²) in [6, 6.07) is 14.0. The minimum atomic E-state index is -0.296. The van der Waals surface area contributed by atoms with Crippen LogP contribution in [0.2, 0.25) is 0 Å². The number of thiazole rings is 1. The zero-order valence-electron chi connectivity index (χ0n) is 15.4. The summed E-state index contributed by atoms with van der Waals surface area (Å²) in [5.41, 5.74) is 1.01. The lowest BCUT2D eigenvalue weighted by atomic mass is 9.97. The molecule has 0 bridgehead atoms. The maximum atomic E-state index is 12.9. The number of aromatic nitrogens is 1. The van der Waals surface area contributed by atoms with E-state index in [9.17, 15) is 9.18 Å². The quantitative estimate of drug-likeness (QED) is 0.640. The van der Waals surface area contributed by atoms with Gasteiger partial charge in [0.1, 0.15) is 18.2 Å². The van der Waals surface area contributed by atoms with Crippen LogP contribution in [0.1, 0.15) is 12.8 Å². The number of para-hydroxylation sites is 1. The summed E-state index contributed by atoms with van der Waals surface area (Å²) >= 11 is 1.67. The third kappa shape index (κ3) is 4.42. The molecule has 4 rings (SSSR count). The molecule has 0 spiro atoms. The Bertz CT molecular complexity index is 911. The number of carbonyl (C=O) groups excluding carboxylic acids is 1. The van der Waals surface area contributed by atoms with Gasteiger partial charge < -0.3 is 15.0 Å². The van der Waals surface area contributed by atoms with E-state index < -0.39 is 0 Å². The van der Waals surface area contributed by atoms with Crippen molar-refractivity contribution >= 4 is 32.6 Å². The second kappa shape index (κ2) is 8.56. The van der Waals surface area contributed by atoms with Crippen molar-refractivity contribution in [2.45, 2.75) is 12.8 Å². The first-order valence-electron chi connectivity index (χ1n) is 9.45. The first-order chi connectivity index (χ1) is 13.7. The van der Waals surface area contributed by atoms with Gasteiger partial charge in [-0.25, -0.2) is 9.37 Å². The number of halogens is 1. The lowest BCUT2D eigenvalue weighted by Crippen LogP contribution is -2.43. The van der Waals surface area contributed by atoms with Gasteiger partial charge in [0.2, 0.25) is 5.91 Å². The Morgan fingerprint density at radius 1 is 1.25 bits per heavy atom. The molecule has 3 aromatic rings. The molecule has 1 aliphatic rings. The van der Waals surface area contributed by atoms with Crippen LogP contribution in [0.25, 0.3) is 10.2 Å². The Hall–Kier alpha value is -2.67. The molecule has 1 unspecified atom stereocenters. The van der Waals surface area contributed by atoms with E-state index in [1.165, 1.54) is 16.8 Å². The number of anilines is 1. The Kier molecular flexibility index (Phi) is 5.71. The molecular formula is C21H22FN3O2S. The van der Waals surface area contributed by atoms with E-state index in [1.54, 1.807) is 23.5 Å². The van der Waals surface area contributed by atoms with Crippen molar-refractivity contribution in [3.05, 3.63) is 54.3 Å². The van der Waals surface area contributed by atoms with Gasteiger partial charge in [0.25, 0.3) is 0 Å². The van der Waals surface area contributed by atoms with Gasteiger partial charge in [-0.2, -0.15) is 0 Å². The van der Waals surface area contributed by atoms with E-state index in [-0.39, 0.29) is 17.6 Å². The van der Waals surface area contributed by atoms with Crippen LogP contribution in [0.4, 0.5) is 9.52 Å². The molecule has 0 aliphatic carbocycles. The molecular weight excluding hydrogens is 377 g/mol. The smallest absolute Gasteiger partial charge is 0.225 e. The zero-order valence-corrected chi connectivity index (χ0v) is 16.3. The van der Waals surface area contributed by atoms with Crippen LogP contribution < -0.4 is 15.0 Å². The second-order valence-corrected chi connectivity index (χ2v) is 7.85. The number of piperidine rings is 1. The molecule has 1 fully saturated rings. The molecule has 2 aromatic carbocycles. The maximum Gasteiger partial charge on any atom is 0.225 e. The molecule has 1 N–H and O–H groups in total. The second-order valence-electron chi connectivity index (χ2n) is 6.84. The largest absolute Gasteiger partial charge is 0.492 e. The molecule has 0 radical (unpaired) electrons. The number of hydrogen-bond donors (Lipinski definition) is 1. The van der Waals surface area contributed by atoms with Crippen molar-refractivity contribution in [1.82, 2.24) is 10.3 Å². The summed E-state index contributed by atoms with van der Waals surface area (Å²) in [5.74, 6) is 0.297. The number of nitrogens with one attached hydrogen (secondary N) is 1. The molecule has 0 saturated carbocycles. The van der Waals surface area contributed by atoms with E-state index in [0.29, 0.717) is 25.4 Å². The van der Waals surface area contributed by atoms with Crippen molar-refractivity contribution in [2.24, 2.45) is 5.92 Å². The number of benzene rings is 2. The normalized spacial score (nSPS) is 16.9. The van der Waals surface area contributed by atoms with Crippen LogP contribution in [0.3, 0.4) is 0 Å². The molecule has 146 valence electrons. The van der Waals surface area contributed by atoms with Gasteiger partial charge in [-0.1, -0.05) is 23.5 Å². The molecule has 7 heteroatoms. The topological polar surface area (TPSA) is 54.5 Å². The highest BCUT2D eigenvalue weighted by atomic mass is 32.1. The predicted molar refractivity (Wildman–Crippen MR) is 109 cm³/mol. The number of carbonyl (C=O) groups is 1. The molecule has 1 saturated heterocycles. The van der Waals surface area contributed by atoms with Gasteiger partial charge in [-0.15, -0.1) is 0 Å². The molecule has 1 atom stereocenters. The summed E-state index contributed by atoms with van der Waals surface area (Å²) in [5, 5.41) is 3.94. The maximum absolute atomic E-state index is 12.9. The van der Waals surface area contributed by atoms with Crippen LogP contribution in [0.5, 0.6) is 5.75 Å². The van der Waals surface area contributed by atoms with Crippen molar-refractivity contribution in [1.29, 1.82) is 0 Å². The minimum absolute atomic E-state index is 0.0495. The Labute approximate surface area is 167 Å². The van der Waals surface area contributed by atoms with Crippen LogP contribution in [-0.2, 0) is 4.79 Å². The van der Waals surface area contributed by atoms with E-state index >= 15 is 0 Å². The van der Waals surface area contributed by atoms with Gasteiger partial charge in [0, 0.05) is 13.1 Å². The summed E-state index contributed by atoms with van der Waals surface area (Å²) in [4.78, 5) is 19.5. The Balaban J connectivity index is 1.27. The summed E-state index contributed by atoms with van der Waals surface area (Å²) in [7, 11) is 0. The number of ether oxygens (including phenoxy) is 1. The fourth-order valence-electron chi connectivity index (χ4n) is 3.38. The van der Waals surface area contributed by atoms with Crippen molar-refractivity contribution in [3.63, 3.8) is 0 Å². The monoisotopic (exact) mass is 399 g/mol. The number of fused-ring (bicyclic) bond motifs is 1. The highest BCUT2D eigenvalue weighted by Crippen LogP contribution is 2.31. The van der Waals surface area contributed by atoms with Crippen molar-refractivity contribution in [3.8, 4) is 5.75 Å². The molecule has 2 heterocycles. The molecule has 1 amide bonds. The molecule has 1 aromatic heterocycles. The van der Waals surface area contributed by atoms with Crippen molar-refractivity contribution in [2.75, 3.05) is 31.1 Å². The average Bonchev–Trinajstić information content (AvgIpc) is 3.17. The van der Waals surface area contributed by atoms with Gasteiger partial charge in [0.15, 0.2) is 5.13 Å². The van der Waals surface area contributed by atoms with E-state index in [0.717, 1.165) is 30.0 Å². The SMILES string of the molecule is O=C(NCCOc1ccc(F)cc1)C1CCCN(c2nc3ccccc3s2)C1. The highest BCUT2D eigenvalue weighted by molar-refractivity contribution is 7.22. The summed E-state index contributed by atoms with van der Waals surface area (Å²) in [6.45, 7) is 2.39. The lowest BCUT2D eigenvalue weighted by molar-refractivity contribution is -0.125. The number of hydrogen-bond acceptors (Lipinski definition) is 5. The third-order valence-corrected chi connectivity index (χ3v) is 5.93. The number of amides is 1. The van der Waals surface area contributed by atoms with Gasteiger partial charge in [-0.3, -0.25) is 4.79 Å².